The minimum absolute atomic E-state index is 0.0408. The van der Waals surface area contributed by atoms with Gasteiger partial charge in [-0.3, -0.25) is 0 Å². The van der Waals surface area contributed by atoms with E-state index in [4.69, 9.17) is 5.73 Å². The van der Waals surface area contributed by atoms with Gasteiger partial charge in [-0.1, -0.05) is 13.8 Å². The van der Waals surface area contributed by atoms with Gasteiger partial charge >= 0.3 is 0 Å². The SMILES string of the molecule is CC(C)CN(C)S(=O)(=O)c1cc(N)cc(Br)c1F. The van der Waals surface area contributed by atoms with E-state index < -0.39 is 20.7 Å². The molecule has 0 saturated carbocycles. The number of sulfonamides is 1. The Labute approximate surface area is 115 Å². The largest absolute Gasteiger partial charge is 0.399 e. The lowest BCUT2D eigenvalue weighted by Crippen LogP contribution is -2.31. The molecule has 0 heterocycles. The summed E-state index contributed by atoms with van der Waals surface area (Å²) in [5.74, 6) is -0.669. The first-order chi connectivity index (χ1) is 8.16. The van der Waals surface area contributed by atoms with Gasteiger partial charge in [0, 0.05) is 19.3 Å². The molecule has 0 bridgehead atoms. The Hall–Kier alpha value is -0.660. The fraction of sp³-hybridized carbons (Fsp3) is 0.455. The van der Waals surface area contributed by atoms with Crippen LogP contribution in [0.4, 0.5) is 10.1 Å². The van der Waals surface area contributed by atoms with Crippen molar-refractivity contribution in [2.24, 2.45) is 5.92 Å². The van der Waals surface area contributed by atoms with Gasteiger partial charge in [-0.15, -0.1) is 0 Å². The van der Waals surface area contributed by atoms with Crippen LogP contribution in [-0.2, 0) is 10.0 Å². The van der Waals surface area contributed by atoms with Crippen LogP contribution < -0.4 is 5.73 Å². The molecule has 7 heteroatoms. The maximum Gasteiger partial charge on any atom is 0.245 e. The van der Waals surface area contributed by atoms with Crippen LogP contribution in [0, 0.1) is 11.7 Å². The summed E-state index contributed by atoms with van der Waals surface area (Å²) in [6, 6.07) is 2.46. The molecule has 0 amide bonds. The van der Waals surface area contributed by atoms with Crippen LogP contribution in [0.1, 0.15) is 13.8 Å². The van der Waals surface area contributed by atoms with Gasteiger partial charge in [-0.25, -0.2) is 17.1 Å². The van der Waals surface area contributed by atoms with E-state index in [1.807, 2.05) is 13.8 Å². The van der Waals surface area contributed by atoms with E-state index in [0.29, 0.717) is 6.54 Å². The highest BCUT2D eigenvalue weighted by molar-refractivity contribution is 9.10. The summed E-state index contributed by atoms with van der Waals surface area (Å²) < 4.78 is 39.4. The second-order valence-corrected chi connectivity index (χ2v) is 7.36. The fourth-order valence-electron chi connectivity index (χ4n) is 1.55. The molecule has 0 radical (unpaired) electrons. The lowest BCUT2D eigenvalue weighted by atomic mass is 10.2. The molecular formula is C11H16BrFN2O2S. The minimum Gasteiger partial charge on any atom is -0.399 e. The zero-order chi connectivity index (χ0) is 14.1. The average molecular weight is 339 g/mol. The Balaban J connectivity index is 3.29. The summed E-state index contributed by atoms with van der Waals surface area (Å²) in [6.07, 6.45) is 0. The third kappa shape index (κ3) is 3.21. The molecule has 4 nitrogen and oxygen atoms in total. The lowest BCUT2D eigenvalue weighted by Gasteiger charge is -2.20. The lowest BCUT2D eigenvalue weighted by molar-refractivity contribution is 0.414. The highest BCUT2D eigenvalue weighted by atomic mass is 79.9. The van der Waals surface area contributed by atoms with Gasteiger partial charge in [0.2, 0.25) is 10.0 Å². The number of hydrogen-bond acceptors (Lipinski definition) is 3. The molecule has 0 aliphatic heterocycles. The Bertz CT molecular complexity index is 546. The van der Waals surface area contributed by atoms with Crippen LogP contribution in [0.5, 0.6) is 0 Å². The maximum absolute atomic E-state index is 13.9. The molecule has 102 valence electrons. The van der Waals surface area contributed by atoms with Crippen molar-refractivity contribution in [3.05, 3.63) is 22.4 Å². The Morgan fingerprint density at radius 3 is 2.50 bits per heavy atom. The fourth-order valence-corrected chi connectivity index (χ4v) is 3.61. The van der Waals surface area contributed by atoms with Crippen LogP contribution >= 0.6 is 15.9 Å². The smallest absolute Gasteiger partial charge is 0.245 e. The van der Waals surface area contributed by atoms with Gasteiger partial charge in [0.1, 0.15) is 4.90 Å². The Morgan fingerprint density at radius 2 is 2.00 bits per heavy atom. The maximum atomic E-state index is 13.9. The number of halogens is 2. The van der Waals surface area contributed by atoms with E-state index in [-0.39, 0.29) is 16.1 Å². The van der Waals surface area contributed by atoms with Crippen LogP contribution in [0.25, 0.3) is 0 Å². The molecule has 1 aromatic carbocycles. The van der Waals surface area contributed by atoms with Crippen molar-refractivity contribution in [3.8, 4) is 0 Å². The molecule has 0 atom stereocenters. The first kappa shape index (κ1) is 15.4. The molecule has 0 aliphatic carbocycles. The third-order valence-corrected chi connectivity index (χ3v) is 4.73. The molecule has 0 aliphatic rings. The van der Waals surface area contributed by atoms with Gasteiger partial charge in [0.05, 0.1) is 4.47 Å². The molecule has 1 rings (SSSR count). The van der Waals surface area contributed by atoms with Crippen molar-refractivity contribution in [1.29, 1.82) is 0 Å². The van der Waals surface area contributed by atoms with E-state index in [9.17, 15) is 12.8 Å². The molecule has 2 N–H and O–H groups in total. The second kappa shape index (κ2) is 5.54. The zero-order valence-corrected chi connectivity index (χ0v) is 12.8. The molecule has 0 aromatic heterocycles. The van der Waals surface area contributed by atoms with Gasteiger partial charge in [0.25, 0.3) is 0 Å². The molecule has 0 saturated heterocycles. The van der Waals surface area contributed by atoms with Crippen molar-refractivity contribution < 1.29 is 12.8 Å². The van der Waals surface area contributed by atoms with E-state index >= 15 is 0 Å². The quantitative estimate of drug-likeness (QED) is 0.857. The minimum atomic E-state index is -3.86. The molecule has 0 fully saturated rings. The average Bonchev–Trinajstić information content (AvgIpc) is 2.22. The molecule has 1 aromatic rings. The summed E-state index contributed by atoms with van der Waals surface area (Å²) in [7, 11) is -2.44. The van der Waals surface area contributed by atoms with Crippen LogP contribution in [0.2, 0.25) is 0 Å². The molecule has 0 spiro atoms. The number of nitrogen functional groups attached to an aromatic ring is 1. The predicted molar refractivity (Wildman–Crippen MR) is 73.2 cm³/mol. The number of anilines is 1. The summed E-state index contributed by atoms with van der Waals surface area (Å²) in [5.41, 5.74) is 5.74. The van der Waals surface area contributed by atoms with Gasteiger partial charge in [-0.05, 0) is 34.0 Å². The number of nitrogens with zero attached hydrogens (tertiary/aromatic N) is 1. The van der Waals surface area contributed by atoms with Gasteiger partial charge < -0.3 is 5.73 Å². The summed E-state index contributed by atoms with van der Waals surface area (Å²) >= 11 is 2.95. The van der Waals surface area contributed by atoms with Gasteiger partial charge in [0.15, 0.2) is 5.82 Å². The van der Waals surface area contributed by atoms with Crippen molar-refractivity contribution in [1.82, 2.24) is 4.31 Å². The predicted octanol–water partition coefficient (Wildman–Crippen LogP) is 2.45. The van der Waals surface area contributed by atoms with E-state index in [1.165, 1.54) is 13.1 Å². The standard InChI is InChI=1S/C11H16BrFN2O2S/c1-7(2)6-15(3)18(16,17)10-5-8(14)4-9(12)11(10)13/h4-5,7H,6,14H2,1-3H3. The normalized spacial score (nSPS) is 12.4. The van der Waals surface area contributed by atoms with E-state index in [0.717, 1.165) is 10.4 Å². The van der Waals surface area contributed by atoms with E-state index in [1.54, 1.807) is 0 Å². The van der Waals surface area contributed by atoms with Crippen LogP contribution in [0.15, 0.2) is 21.5 Å². The van der Waals surface area contributed by atoms with Crippen molar-refractivity contribution in [3.63, 3.8) is 0 Å². The van der Waals surface area contributed by atoms with Crippen molar-refractivity contribution >= 4 is 31.6 Å². The monoisotopic (exact) mass is 338 g/mol. The molecule has 0 unspecified atom stereocenters. The molecular weight excluding hydrogens is 323 g/mol. The highest BCUT2D eigenvalue weighted by Crippen LogP contribution is 2.28. The first-order valence-corrected chi connectivity index (χ1v) is 7.60. The Kier molecular flexibility index (Phi) is 4.74. The number of hydrogen-bond donors (Lipinski definition) is 1. The zero-order valence-electron chi connectivity index (χ0n) is 10.4. The molecule has 18 heavy (non-hydrogen) atoms. The number of rotatable bonds is 4. The van der Waals surface area contributed by atoms with Crippen molar-refractivity contribution in [2.75, 3.05) is 19.3 Å². The highest BCUT2D eigenvalue weighted by Gasteiger charge is 2.26. The van der Waals surface area contributed by atoms with Crippen molar-refractivity contribution in [2.45, 2.75) is 18.7 Å². The van der Waals surface area contributed by atoms with E-state index in [2.05, 4.69) is 15.9 Å². The Morgan fingerprint density at radius 1 is 1.44 bits per heavy atom. The summed E-state index contributed by atoms with van der Waals surface area (Å²) in [4.78, 5) is -0.405. The third-order valence-electron chi connectivity index (χ3n) is 2.33. The summed E-state index contributed by atoms with van der Waals surface area (Å²) in [5, 5.41) is 0. The van der Waals surface area contributed by atoms with Crippen LogP contribution in [0.3, 0.4) is 0 Å². The number of benzene rings is 1. The first-order valence-electron chi connectivity index (χ1n) is 5.37. The number of nitrogens with two attached hydrogens (primary N) is 1. The summed E-state index contributed by atoms with van der Waals surface area (Å²) in [6.45, 7) is 4.09. The van der Waals surface area contributed by atoms with Crippen LogP contribution in [-0.4, -0.2) is 26.3 Å². The topological polar surface area (TPSA) is 63.4 Å². The second-order valence-electron chi connectivity index (χ2n) is 4.49. The van der Waals surface area contributed by atoms with Gasteiger partial charge in [-0.2, -0.15) is 0 Å².